The number of carbonyl (C=O) groups excluding carboxylic acids is 3. The normalized spacial score (nSPS) is 18.7. The van der Waals surface area contributed by atoms with E-state index in [1.165, 1.54) is 0 Å². The van der Waals surface area contributed by atoms with Gasteiger partial charge in [-0.1, -0.05) is 0 Å². The number of urea groups is 1. The van der Waals surface area contributed by atoms with Crippen LogP contribution in [0.3, 0.4) is 0 Å². The third-order valence-corrected chi connectivity index (χ3v) is 5.11. The number of benzene rings is 1. The maximum atomic E-state index is 12.7. The number of aromatic nitrogens is 2. The van der Waals surface area contributed by atoms with Crippen molar-refractivity contribution in [2.45, 2.75) is 25.3 Å². The molecule has 134 valence electrons. The molecule has 4 amide bonds. The fourth-order valence-corrected chi connectivity index (χ4v) is 3.54. The number of likely N-dealkylation sites (tertiary alicyclic amines) is 1. The smallest absolute Gasteiger partial charge is 0.322 e. The summed E-state index contributed by atoms with van der Waals surface area (Å²) < 4.78 is 1.81. The Morgan fingerprint density at radius 1 is 1.12 bits per heavy atom. The van der Waals surface area contributed by atoms with Crippen LogP contribution in [0.25, 0.3) is 5.69 Å². The highest BCUT2D eigenvalue weighted by Crippen LogP contribution is 2.26. The van der Waals surface area contributed by atoms with Gasteiger partial charge in [0.2, 0.25) is 0 Å². The van der Waals surface area contributed by atoms with Gasteiger partial charge in [0.15, 0.2) is 0 Å². The molecule has 0 radical (unpaired) electrons. The summed E-state index contributed by atoms with van der Waals surface area (Å²) in [7, 11) is 0. The minimum absolute atomic E-state index is 0.0756. The molecule has 2 N–H and O–H groups in total. The lowest BCUT2D eigenvalue weighted by atomic mass is 9.87. The largest absolute Gasteiger partial charge is 0.338 e. The number of piperidine rings is 1. The van der Waals surface area contributed by atoms with Crippen molar-refractivity contribution in [3.8, 4) is 5.69 Å². The van der Waals surface area contributed by atoms with Gasteiger partial charge in [-0.15, -0.1) is 0 Å². The van der Waals surface area contributed by atoms with E-state index in [0.717, 1.165) is 11.4 Å². The molecule has 2 fully saturated rings. The molecule has 1 aromatic carbocycles. The van der Waals surface area contributed by atoms with Gasteiger partial charge < -0.3 is 10.2 Å². The highest BCUT2D eigenvalue weighted by atomic mass is 16.2. The predicted octanol–water partition coefficient (Wildman–Crippen LogP) is 0.995. The van der Waals surface area contributed by atoms with Crippen LogP contribution >= 0.6 is 0 Å². The van der Waals surface area contributed by atoms with Gasteiger partial charge in [-0.25, -0.2) is 9.48 Å². The van der Waals surface area contributed by atoms with Crippen LogP contribution in [0.2, 0.25) is 0 Å². The van der Waals surface area contributed by atoms with Crippen molar-refractivity contribution >= 4 is 17.8 Å². The van der Waals surface area contributed by atoms with Crippen LogP contribution in [0.5, 0.6) is 0 Å². The fraction of sp³-hybridized carbons (Fsp3) is 0.333. The fourth-order valence-electron chi connectivity index (χ4n) is 3.54. The maximum Gasteiger partial charge on any atom is 0.322 e. The number of nitrogens with zero attached hydrogens (tertiary/aromatic N) is 3. The summed E-state index contributed by atoms with van der Waals surface area (Å²) in [4.78, 5) is 37.8. The molecule has 0 unspecified atom stereocenters. The molecule has 26 heavy (non-hydrogen) atoms. The Hall–Kier alpha value is -3.16. The monoisotopic (exact) mass is 353 g/mol. The van der Waals surface area contributed by atoms with E-state index in [2.05, 4.69) is 15.7 Å². The third kappa shape index (κ3) is 2.63. The number of rotatable bonds is 2. The number of hydrogen-bond acceptors (Lipinski definition) is 4. The number of imide groups is 1. The van der Waals surface area contributed by atoms with E-state index in [-0.39, 0.29) is 11.8 Å². The van der Waals surface area contributed by atoms with E-state index in [1.807, 2.05) is 25.1 Å². The van der Waals surface area contributed by atoms with E-state index < -0.39 is 11.6 Å². The Labute approximate surface area is 150 Å². The number of aryl methyl sites for hydroxylation is 1. The average molecular weight is 353 g/mol. The first-order valence-electron chi connectivity index (χ1n) is 8.52. The van der Waals surface area contributed by atoms with Crippen molar-refractivity contribution in [1.29, 1.82) is 0 Å². The Kier molecular flexibility index (Phi) is 3.75. The lowest BCUT2D eigenvalue weighted by Crippen LogP contribution is -2.55. The van der Waals surface area contributed by atoms with Crippen molar-refractivity contribution in [3.05, 3.63) is 47.8 Å². The zero-order valence-electron chi connectivity index (χ0n) is 14.4. The van der Waals surface area contributed by atoms with Gasteiger partial charge in [0.25, 0.3) is 11.8 Å². The van der Waals surface area contributed by atoms with Gasteiger partial charge in [-0.05, 0) is 50.1 Å². The Morgan fingerprint density at radius 3 is 2.35 bits per heavy atom. The molecule has 0 saturated carbocycles. The molecule has 2 aliphatic heterocycles. The average Bonchev–Trinajstić information content (AvgIpc) is 3.18. The molecule has 1 aromatic heterocycles. The van der Waals surface area contributed by atoms with E-state index in [4.69, 9.17) is 0 Å². The summed E-state index contributed by atoms with van der Waals surface area (Å²) >= 11 is 0. The molecular formula is C18H19N5O3. The van der Waals surface area contributed by atoms with E-state index in [0.29, 0.717) is 31.5 Å². The lowest BCUT2D eigenvalue weighted by Gasteiger charge is -2.37. The summed E-state index contributed by atoms with van der Waals surface area (Å²) in [5, 5.41) is 9.23. The molecule has 2 saturated heterocycles. The summed E-state index contributed by atoms with van der Waals surface area (Å²) in [6.45, 7) is 2.81. The lowest BCUT2D eigenvalue weighted by molar-refractivity contribution is -0.125. The van der Waals surface area contributed by atoms with Gasteiger partial charge in [-0.3, -0.25) is 14.9 Å². The summed E-state index contributed by atoms with van der Waals surface area (Å²) in [5.41, 5.74) is 1.64. The SMILES string of the molecule is Cc1ccnn1-c1ccc(C(=O)N2CCC3(CC2)NC(=O)NC3=O)cc1. The predicted molar refractivity (Wildman–Crippen MR) is 92.8 cm³/mol. The van der Waals surface area contributed by atoms with Crippen LogP contribution in [-0.2, 0) is 4.79 Å². The second-order valence-electron chi connectivity index (χ2n) is 6.71. The highest BCUT2D eigenvalue weighted by molar-refractivity contribution is 6.07. The number of nitrogens with one attached hydrogen (secondary N) is 2. The first kappa shape index (κ1) is 16.3. The second kappa shape index (κ2) is 5.98. The Morgan fingerprint density at radius 2 is 1.81 bits per heavy atom. The third-order valence-electron chi connectivity index (χ3n) is 5.11. The van der Waals surface area contributed by atoms with Crippen molar-refractivity contribution in [3.63, 3.8) is 0 Å². The summed E-state index contributed by atoms with van der Waals surface area (Å²) in [5.74, 6) is -0.373. The van der Waals surface area contributed by atoms with Crippen molar-refractivity contribution in [2.75, 3.05) is 13.1 Å². The van der Waals surface area contributed by atoms with Crippen LogP contribution in [0.15, 0.2) is 36.5 Å². The topological polar surface area (TPSA) is 96.3 Å². The zero-order chi connectivity index (χ0) is 18.3. The van der Waals surface area contributed by atoms with Gasteiger partial charge >= 0.3 is 6.03 Å². The van der Waals surface area contributed by atoms with Gasteiger partial charge in [-0.2, -0.15) is 5.10 Å². The van der Waals surface area contributed by atoms with E-state index in [1.54, 1.807) is 27.9 Å². The Bertz CT molecular complexity index is 878. The van der Waals surface area contributed by atoms with Gasteiger partial charge in [0, 0.05) is 30.5 Å². The first-order chi connectivity index (χ1) is 12.5. The van der Waals surface area contributed by atoms with Crippen LogP contribution in [0.1, 0.15) is 28.9 Å². The molecule has 0 atom stereocenters. The standard InChI is InChI=1S/C18H19N5O3/c1-12-6-9-19-23(12)14-4-2-13(3-5-14)15(24)22-10-7-18(8-11-22)16(25)20-17(26)21-18/h2-6,9H,7-8,10-11H2,1H3,(H2,20,21,25,26). The van der Waals surface area contributed by atoms with Crippen molar-refractivity contribution < 1.29 is 14.4 Å². The van der Waals surface area contributed by atoms with Crippen LogP contribution in [0, 0.1) is 6.92 Å². The molecule has 2 aliphatic rings. The zero-order valence-corrected chi connectivity index (χ0v) is 14.4. The van der Waals surface area contributed by atoms with Crippen LogP contribution in [0.4, 0.5) is 4.79 Å². The molecule has 0 bridgehead atoms. The summed E-state index contributed by atoms with van der Waals surface area (Å²) in [6.07, 6.45) is 2.57. The van der Waals surface area contributed by atoms with Gasteiger partial charge in [0.1, 0.15) is 5.54 Å². The summed E-state index contributed by atoms with van der Waals surface area (Å²) in [6, 6.07) is 8.76. The number of hydrogen-bond donors (Lipinski definition) is 2. The van der Waals surface area contributed by atoms with Gasteiger partial charge in [0.05, 0.1) is 5.69 Å². The molecule has 8 nitrogen and oxygen atoms in total. The van der Waals surface area contributed by atoms with Crippen LogP contribution in [-0.4, -0.2) is 51.2 Å². The molecule has 3 heterocycles. The maximum absolute atomic E-state index is 12.7. The minimum atomic E-state index is -0.866. The molecule has 0 aliphatic carbocycles. The molecule has 8 heteroatoms. The van der Waals surface area contributed by atoms with Crippen LogP contribution < -0.4 is 10.6 Å². The van der Waals surface area contributed by atoms with E-state index in [9.17, 15) is 14.4 Å². The molecule has 2 aromatic rings. The molecular weight excluding hydrogens is 334 g/mol. The molecule has 1 spiro atoms. The Balaban J connectivity index is 1.45. The quantitative estimate of drug-likeness (QED) is 0.787. The highest BCUT2D eigenvalue weighted by Gasteiger charge is 2.48. The van der Waals surface area contributed by atoms with E-state index >= 15 is 0 Å². The van der Waals surface area contributed by atoms with Crippen molar-refractivity contribution in [1.82, 2.24) is 25.3 Å². The second-order valence-corrected chi connectivity index (χ2v) is 6.71. The number of carbonyl (C=O) groups is 3. The van der Waals surface area contributed by atoms with Crippen molar-refractivity contribution in [2.24, 2.45) is 0 Å². The molecule has 4 rings (SSSR count). The first-order valence-corrected chi connectivity index (χ1v) is 8.52. The minimum Gasteiger partial charge on any atom is -0.338 e. The number of amides is 4.